The number of para-hydroxylation sites is 1. The first-order chi connectivity index (χ1) is 10.8. The van der Waals surface area contributed by atoms with Gasteiger partial charge in [-0.15, -0.1) is 0 Å². The number of nitrogens with zero attached hydrogens (tertiary/aromatic N) is 1. The van der Waals surface area contributed by atoms with Crippen LogP contribution in [-0.4, -0.2) is 10.9 Å². The Morgan fingerprint density at radius 2 is 1.95 bits per heavy atom. The summed E-state index contributed by atoms with van der Waals surface area (Å²) in [6.45, 7) is 0.977. The third kappa shape index (κ3) is 3.77. The fourth-order valence-electron chi connectivity index (χ4n) is 2.12. The van der Waals surface area contributed by atoms with Crippen LogP contribution < -0.4 is 5.32 Å². The first-order valence-electron chi connectivity index (χ1n) is 6.96. The van der Waals surface area contributed by atoms with E-state index in [0.29, 0.717) is 13.1 Å². The van der Waals surface area contributed by atoms with Gasteiger partial charge in [0.2, 0.25) is 0 Å². The number of thiophene rings is 1. The lowest BCUT2D eigenvalue weighted by Gasteiger charge is -2.21. The molecule has 0 spiro atoms. The average molecular weight is 312 g/mol. The van der Waals surface area contributed by atoms with Gasteiger partial charge in [-0.1, -0.05) is 18.2 Å². The van der Waals surface area contributed by atoms with Crippen LogP contribution in [0, 0.1) is 0 Å². The second-order valence-electron chi connectivity index (χ2n) is 4.86. The van der Waals surface area contributed by atoms with Crippen LogP contribution in [0.15, 0.2) is 70.0 Å². The molecule has 112 valence electrons. The normalized spacial score (nSPS) is 10.4. The number of nitrogens with one attached hydrogen (secondary N) is 1. The highest BCUT2D eigenvalue weighted by atomic mass is 32.1. The molecule has 4 nitrogen and oxygen atoms in total. The van der Waals surface area contributed by atoms with Gasteiger partial charge >= 0.3 is 6.03 Å². The molecule has 2 aromatic heterocycles. The van der Waals surface area contributed by atoms with Crippen molar-refractivity contribution in [3.05, 3.63) is 76.9 Å². The summed E-state index contributed by atoms with van der Waals surface area (Å²) in [5.41, 5.74) is 1.89. The van der Waals surface area contributed by atoms with Gasteiger partial charge in [0.15, 0.2) is 0 Å². The lowest BCUT2D eigenvalue weighted by molar-refractivity contribution is 0.201. The van der Waals surface area contributed by atoms with Crippen molar-refractivity contribution in [2.45, 2.75) is 13.1 Å². The molecule has 0 saturated heterocycles. The summed E-state index contributed by atoms with van der Waals surface area (Å²) in [6, 6.07) is 15.0. The monoisotopic (exact) mass is 312 g/mol. The highest BCUT2D eigenvalue weighted by Crippen LogP contribution is 2.15. The zero-order valence-corrected chi connectivity index (χ0v) is 12.8. The molecule has 2 heterocycles. The van der Waals surface area contributed by atoms with Gasteiger partial charge in [0, 0.05) is 12.2 Å². The molecule has 0 aliphatic heterocycles. The lowest BCUT2D eigenvalue weighted by atomic mass is 10.3. The van der Waals surface area contributed by atoms with E-state index >= 15 is 0 Å². The van der Waals surface area contributed by atoms with Crippen molar-refractivity contribution in [2.75, 3.05) is 5.32 Å². The maximum atomic E-state index is 12.5. The Hall–Kier alpha value is -2.53. The first-order valence-corrected chi connectivity index (χ1v) is 7.90. The second kappa shape index (κ2) is 6.95. The van der Waals surface area contributed by atoms with Crippen molar-refractivity contribution in [3.8, 4) is 0 Å². The summed E-state index contributed by atoms with van der Waals surface area (Å²) in [5, 5.41) is 6.97. The smallest absolute Gasteiger partial charge is 0.322 e. The van der Waals surface area contributed by atoms with E-state index in [4.69, 9.17) is 4.42 Å². The predicted molar refractivity (Wildman–Crippen MR) is 87.7 cm³/mol. The maximum absolute atomic E-state index is 12.5. The van der Waals surface area contributed by atoms with E-state index in [1.807, 2.05) is 59.3 Å². The molecule has 3 aromatic rings. The molecule has 0 aliphatic rings. The van der Waals surface area contributed by atoms with Gasteiger partial charge in [-0.05, 0) is 46.7 Å². The Kier molecular flexibility index (Phi) is 4.56. The van der Waals surface area contributed by atoms with Crippen LogP contribution in [0.2, 0.25) is 0 Å². The van der Waals surface area contributed by atoms with Gasteiger partial charge in [-0.2, -0.15) is 11.3 Å². The largest absolute Gasteiger partial charge is 0.467 e. The fourth-order valence-corrected chi connectivity index (χ4v) is 2.78. The predicted octanol–water partition coefficient (Wildman–Crippen LogP) is 4.58. The van der Waals surface area contributed by atoms with Crippen LogP contribution in [-0.2, 0) is 13.1 Å². The van der Waals surface area contributed by atoms with Crippen LogP contribution >= 0.6 is 11.3 Å². The number of anilines is 1. The quantitative estimate of drug-likeness (QED) is 0.749. The number of benzene rings is 1. The van der Waals surface area contributed by atoms with Crippen molar-refractivity contribution in [1.29, 1.82) is 0 Å². The van der Waals surface area contributed by atoms with Gasteiger partial charge in [0.25, 0.3) is 0 Å². The van der Waals surface area contributed by atoms with E-state index in [1.165, 1.54) is 0 Å². The van der Waals surface area contributed by atoms with Gasteiger partial charge in [0.1, 0.15) is 5.76 Å². The zero-order chi connectivity index (χ0) is 15.2. The third-order valence-corrected chi connectivity index (χ3v) is 3.92. The number of carbonyl (C=O) groups is 1. The summed E-state index contributed by atoms with van der Waals surface area (Å²) in [4.78, 5) is 14.3. The minimum Gasteiger partial charge on any atom is -0.467 e. The molecule has 0 aliphatic carbocycles. The molecular formula is C17H16N2O2S. The Morgan fingerprint density at radius 1 is 1.09 bits per heavy atom. The summed E-state index contributed by atoms with van der Waals surface area (Å²) in [5.74, 6) is 0.762. The minimum absolute atomic E-state index is 0.145. The molecule has 0 unspecified atom stereocenters. The number of amides is 2. The van der Waals surface area contributed by atoms with Gasteiger partial charge in [0.05, 0.1) is 12.8 Å². The van der Waals surface area contributed by atoms with E-state index in [-0.39, 0.29) is 6.03 Å². The molecule has 2 amide bonds. The zero-order valence-electron chi connectivity index (χ0n) is 11.9. The molecule has 5 heteroatoms. The molecule has 0 saturated carbocycles. The van der Waals surface area contributed by atoms with E-state index in [2.05, 4.69) is 5.32 Å². The second-order valence-corrected chi connectivity index (χ2v) is 5.64. The molecule has 0 atom stereocenters. The maximum Gasteiger partial charge on any atom is 0.322 e. The van der Waals surface area contributed by atoms with E-state index in [0.717, 1.165) is 17.0 Å². The topological polar surface area (TPSA) is 45.5 Å². The molecule has 0 fully saturated rings. The molecule has 22 heavy (non-hydrogen) atoms. The van der Waals surface area contributed by atoms with Crippen molar-refractivity contribution in [1.82, 2.24) is 4.90 Å². The SMILES string of the molecule is O=C(Nc1ccccc1)N(Cc1ccsc1)Cc1ccco1. The van der Waals surface area contributed by atoms with Crippen molar-refractivity contribution in [3.63, 3.8) is 0 Å². The van der Waals surface area contributed by atoms with E-state index < -0.39 is 0 Å². The van der Waals surface area contributed by atoms with Crippen LogP contribution in [0.3, 0.4) is 0 Å². The highest BCUT2D eigenvalue weighted by molar-refractivity contribution is 7.07. The summed E-state index contributed by atoms with van der Waals surface area (Å²) in [7, 11) is 0. The van der Waals surface area contributed by atoms with E-state index in [1.54, 1.807) is 22.5 Å². The van der Waals surface area contributed by atoms with Gasteiger partial charge in [-0.25, -0.2) is 4.79 Å². The van der Waals surface area contributed by atoms with Gasteiger partial charge < -0.3 is 14.6 Å². The Bertz CT molecular complexity index is 657. The summed E-state index contributed by atoms with van der Waals surface area (Å²) < 4.78 is 5.36. The van der Waals surface area contributed by atoms with Crippen LogP contribution in [0.4, 0.5) is 10.5 Å². The molecule has 0 radical (unpaired) electrons. The fraction of sp³-hybridized carbons (Fsp3) is 0.118. The van der Waals surface area contributed by atoms with Gasteiger partial charge in [-0.3, -0.25) is 0 Å². The molecule has 0 bridgehead atoms. The molecule has 1 N–H and O–H groups in total. The Morgan fingerprint density at radius 3 is 2.64 bits per heavy atom. The van der Waals surface area contributed by atoms with E-state index in [9.17, 15) is 4.79 Å². The summed E-state index contributed by atoms with van der Waals surface area (Å²) in [6.07, 6.45) is 1.62. The standard InChI is InChI=1S/C17H16N2O2S/c20-17(18-15-5-2-1-3-6-15)19(11-14-8-10-22-13-14)12-16-7-4-9-21-16/h1-10,13H,11-12H2,(H,18,20). The first kappa shape index (κ1) is 14.4. The van der Waals surface area contributed by atoms with Crippen molar-refractivity contribution < 1.29 is 9.21 Å². The van der Waals surface area contributed by atoms with Crippen LogP contribution in [0.5, 0.6) is 0 Å². The number of hydrogen-bond donors (Lipinski definition) is 1. The molecular weight excluding hydrogens is 296 g/mol. The highest BCUT2D eigenvalue weighted by Gasteiger charge is 2.16. The van der Waals surface area contributed by atoms with Crippen molar-refractivity contribution >= 4 is 23.1 Å². The number of furan rings is 1. The summed E-state index contributed by atoms with van der Waals surface area (Å²) >= 11 is 1.62. The number of hydrogen-bond acceptors (Lipinski definition) is 3. The molecule has 3 rings (SSSR count). The number of rotatable bonds is 5. The number of carbonyl (C=O) groups excluding carboxylic acids is 1. The average Bonchev–Trinajstić information content (AvgIpc) is 3.21. The van der Waals surface area contributed by atoms with Crippen LogP contribution in [0.1, 0.15) is 11.3 Å². The lowest BCUT2D eigenvalue weighted by Crippen LogP contribution is -2.33. The van der Waals surface area contributed by atoms with Crippen LogP contribution in [0.25, 0.3) is 0 Å². The number of urea groups is 1. The third-order valence-electron chi connectivity index (χ3n) is 3.19. The Labute approximate surface area is 133 Å². The van der Waals surface area contributed by atoms with Crippen molar-refractivity contribution in [2.24, 2.45) is 0 Å². The minimum atomic E-state index is -0.145. The molecule has 1 aromatic carbocycles. The Balaban J connectivity index is 1.73.